The van der Waals surface area contributed by atoms with Crippen LogP contribution in [-0.2, 0) is 17.8 Å². The van der Waals surface area contributed by atoms with Gasteiger partial charge in [-0.3, -0.25) is 4.79 Å². The number of aromatic nitrogens is 2. The molecule has 2 aromatic rings. The number of benzene rings is 1. The minimum atomic E-state index is -0.380. The van der Waals surface area contributed by atoms with Gasteiger partial charge in [0.05, 0.1) is 23.5 Å². The predicted octanol–water partition coefficient (Wildman–Crippen LogP) is 2.30. The molecule has 1 atom stereocenters. The molecular weight excluding hydrogens is 238 g/mol. The number of nitrogens with two attached hydrogens (primary N) is 1. The first kappa shape index (κ1) is 13.7. The molecule has 2 N–H and O–H groups in total. The molecule has 1 aromatic heterocycles. The number of carbonyl (C=O) groups is 1. The van der Waals surface area contributed by atoms with E-state index in [2.05, 4.69) is 16.5 Å². The van der Waals surface area contributed by atoms with Crippen molar-refractivity contribution in [2.45, 2.75) is 45.7 Å². The molecule has 0 aliphatic heterocycles. The van der Waals surface area contributed by atoms with Gasteiger partial charge in [0.25, 0.3) is 0 Å². The molecule has 1 aromatic carbocycles. The summed E-state index contributed by atoms with van der Waals surface area (Å²) < 4.78 is 2.13. The Kier molecular flexibility index (Phi) is 4.32. The lowest BCUT2D eigenvalue weighted by molar-refractivity contribution is -0.119. The quantitative estimate of drug-likeness (QED) is 0.865. The maximum atomic E-state index is 12.0. The number of nitrogens with zero attached hydrogens (tertiary/aromatic N) is 2. The summed E-state index contributed by atoms with van der Waals surface area (Å²) in [6, 6.07) is 7.62. The second-order valence-electron chi connectivity index (χ2n) is 4.83. The van der Waals surface area contributed by atoms with E-state index in [-0.39, 0.29) is 11.8 Å². The number of Topliss-reactive ketones (excluding diaryl/α,β-unsaturated/α-hetero) is 1. The SMILES string of the molecule is CCCn1c(CC(=O)C(N)CC)nc2ccccc21. The van der Waals surface area contributed by atoms with Gasteiger partial charge in [0.1, 0.15) is 5.82 Å². The number of rotatable bonds is 6. The van der Waals surface area contributed by atoms with Crippen LogP contribution in [0.15, 0.2) is 24.3 Å². The average Bonchev–Trinajstić information content (AvgIpc) is 2.76. The Morgan fingerprint density at radius 3 is 2.79 bits per heavy atom. The summed E-state index contributed by atoms with van der Waals surface area (Å²) in [5, 5.41) is 0. The number of carbonyl (C=O) groups excluding carboxylic acids is 1. The molecular formula is C15H21N3O. The van der Waals surface area contributed by atoms with E-state index in [0.29, 0.717) is 12.8 Å². The average molecular weight is 259 g/mol. The molecule has 0 radical (unpaired) electrons. The standard InChI is InChI=1S/C15H21N3O/c1-3-9-18-13-8-6-5-7-12(13)17-15(18)10-14(19)11(16)4-2/h5-8,11H,3-4,9-10,16H2,1-2H3. The highest BCUT2D eigenvalue weighted by molar-refractivity contribution is 5.86. The van der Waals surface area contributed by atoms with Crippen LogP contribution in [0.3, 0.4) is 0 Å². The maximum Gasteiger partial charge on any atom is 0.157 e. The van der Waals surface area contributed by atoms with Crippen LogP contribution in [0.2, 0.25) is 0 Å². The lowest BCUT2D eigenvalue weighted by atomic mass is 10.1. The molecule has 19 heavy (non-hydrogen) atoms. The molecule has 0 saturated carbocycles. The Bertz CT molecular complexity index is 574. The zero-order valence-corrected chi connectivity index (χ0v) is 11.6. The van der Waals surface area contributed by atoms with Crippen molar-refractivity contribution >= 4 is 16.8 Å². The molecule has 4 heteroatoms. The number of hydrogen-bond donors (Lipinski definition) is 1. The monoisotopic (exact) mass is 259 g/mol. The van der Waals surface area contributed by atoms with Gasteiger partial charge in [0, 0.05) is 6.54 Å². The Balaban J connectivity index is 2.36. The third kappa shape index (κ3) is 2.84. The zero-order chi connectivity index (χ0) is 13.8. The molecule has 0 amide bonds. The summed E-state index contributed by atoms with van der Waals surface area (Å²) in [5.41, 5.74) is 7.84. The van der Waals surface area contributed by atoms with Gasteiger partial charge < -0.3 is 10.3 Å². The van der Waals surface area contributed by atoms with Crippen LogP contribution in [-0.4, -0.2) is 21.4 Å². The number of fused-ring (bicyclic) bond motifs is 1. The summed E-state index contributed by atoms with van der Waals surface area (Å²) in [5.74, 6) is 0.895. The molecule has 102 valence electrons. The van der Waals surface area contributed by atoms with Crippen molar-refractivity contribution in [1.82, 2.24) is 9.55 Å². The Morgan fingerprint density at radius 1 is 1.37 bits per heavy atom. The fourth-order valence-corrected chi connectivity index (χ4v) is 2.25. The second-order valence-corrected chi connectivity index (χ2v) is 4.83. The van der Waals surface area contributed by atoms with Crippen LogP contribution in [0, 0.1) is 0 Å². The van der Waals surface area contributed by atoms with Crippen molar-refractivity contribution in [2.24, 2.45) is 5.73 Å². The van der Waals surface area contributed by atoms with Crippen molar-refractivity contribution in [1.29, 1.82) is 0 Å². The van der Waals surface area contributed by atoms with E-state index in [0.717, 1.165) is 29.8 Å². The summed E-state index contributed by atoms with van der Waals surface area (Å²) in [7, 11) is 0. The van der Waals surface area contributed by atoms with Gasteiger partial charge in [-0.25, -0.2) is 4.98 Å². The normalized spacial score (nSPS) is 12.8. The second kappa shape index (κ2) is 5.97. The van der Waals surface area contributed by atoms with Crippen LogP contribution in [0.4, 0.5) is 0 Å². The van der Waals surface area contributed by atoms with E-state index in [1.807, 2.05) is 31.2 Å². The van der Waals surface area contributed by atoms with E-state index in [1.54, 1.807) is 0 Å². The predicted molar refractivity (Wildman–Crippen MR) is 77.0 cm³/mol. The van der Waals surface area contributed by atoms with E-state index in [9.17, 15) is 4.79 Å². The Labute approximate surface area is 113 Å². The van der Waals surface area contributed by atoms with Crippen LogP contribution < -0.4 is 5.73 Å². The minimum Gasteiger partial charge on any atom is -0.328 e. The van der Waals surface area contributed by atoms with Gasteiger partial charge in [-0.05, 0) is 25.0 Å². The molecule has 1 heterocycles. The molecule has 0 aliphatic carbocycles. The van der Waals surface area contributed by atoms with Crippen LogP contribution in [0.1, 0.15) is 32.5 Å². The van der Waals surface area contributed by atoms with Crippen LogP contribution >= 0.6 is 0 Å². The summed E-state index contributed by atoms with van der Waals surface area (Å²) in [4.78, 5) is 16.6. The van der Waals surface area contributed by atoms with E-state index >= 15 is 0 Å². The summed E-state index contributed by atoms with van der Waals surface area (Å²) in [6.07, 6.45) is 2.01. The van der Waals surface area contributed by atoms with Crippen molar-refractivity contribution in [3.05, 3.63) is 30.1 Å². The molecule has 0 bridgehead atoms. The summed E-state index contributed by atoms with van der Waals surface area (Å²) >= 11 is 0. The Morgan fingerprint density at radius 2 is 2.11 bits per heavy atom. The smallest absolute Gasteiger partial charge is 0.157 e. The van der Waals surface area contributed by atoms with E-state index in [4.69, 9.17) is 5.73 Å². The fraction of sp³-hybridized carbons (Fsp3) is 0.467. The summed E-state index contributed by atoms with van der Waals surface area (Å²) in [6.45, 7) is 4.93. The van der Waals surface area contributed by atoms with Gasteiger partial charge in [-0.15, -0.1) is 0 Å². The minimum absolute atomic E-state index is 0.0650. The van der Waals surface area contributed by atoms with Gasteiger partial charge >= 0.3 is 0 Å². The molecule has 1 unspecified atom stereocenters. The molecule has 0 fully saturated rings. The third-order valence-corrected chi connectivity index (χ3v) is 3.37. The van der Waals surface area contributed by atoms with Gasteiger partial charge in [0.15, 0.2) is 5.78 Å². The van der Waals surface area contributed by atoms with Gasteiger partial charge in [-0.1, -0.05) is 26.0 Å². The Hall–Kier alpha value is -1.68. The van der Waals surface area contributed by atoms with Gasteiger partial charge in [-0.2, -0.15) is 0 Å². The van der Waals surface area contributed by atoms with Gasteiger partial charge in [0.2, 0.25) is 0 Å². The van der Waals surface area contributed by atoms with Crippen molar-refractivity contribution in [3.63, 3.8) is 0 Å². The van der Waals surface area contributed by atoms with Crippen LogP contribution in [0.5, 0.6) is 0 Å². The lowest BCUT2D eigenvalue weighted by Crippen LogP contribution is -2.31. The van der Waals surface area contributed by atoms with E-state index < -0.39 is 0 Å². The first-order valence-corrected chi connectivity index (χ1v) is 6.89. The molecule has 2 rings (SSSR count). The highest BCUT2D eigenvalue weighted by Crippen LogP contribution is 2.17. The van der Waals surface area contributed by atoms with E-state index in [1.165, 1.54) is 0 Å². The fourth-order valence-electron chi connectivity index (χ4n) is 2.25. The number of hydrogen-bond acceptors (Lipinski definition) is 3. The molecule has 4 nitrogen and oxygen atoms in total. The van der Waals surface area contributed by atoms with Crippen molar-refractivity contribution < 1.29 is 4.79 Å². The number of para-hydroxylation sites is 2. The van der Waals surface area contributed by atoms with Crippen molar-refractivity contribution in [3.8, 4) is 0 Å². The molecule has 0 saturated heterocycles. The number of ketones is 1. The number of aryl methyl sites for hydroxylation is 1. The third-order valence-electron chi connectivity index (χ3n) is 3.37. The first-order chi connectivity index (χ1) is 9.17. The molecule has 0 aliphatic rings. The highest BCUT2D eigenvalue weighted by Gasteiger charge is 2.17. The maximum absolute atomic E-state index is 12.0. The highest BCUT2D eigenvalue weighted by atomic mass is 16.1. The lowest BCUT2D eigenvalue weighted by Gasteiger charge is -2.10. The largest absolute Gasteiger partial charge is 0.328 e. The first-order valence-electron chi connectivity index (χ1n) is 6.89. The zero-order valence-electron chi connectivity index (χ0n) is 11.6. The van der Waals surface area contributed by atoms with Crippen molar-refractivity contribution in [2.75, 3.05) is 0 Å². The van der Waals surface area contributed by atoms with Crippen LogP contribution in [0.25, 0.3) is 11.0 Å². The topological polar surface area (TPSA) is 60.9 Å². The molecule has 0 spiro atoms. The number of imidazole rings is 1.